The fourth-order valence-electron chi connectivity index (χ4n) is 5.68. The molecule has 2 N–H and O–H groups in total. The van der Waals surface area contributed by atoms with Gasteiger partial charge in [-0.05, 0) is 85.1 Å². The molecule has 0 saturated heterocycles. The highest BCUT2D eigenvalue weighted by atomic mass is 32.2. The summed E-state index contributed by atoms with van der Waals surface area (Å²) in [6, 6.07) is 20.3. The normalized spacial score (nSPS) is 18.6. The molecule has 1 saturated carbocycles. The number of carbonyl (C=O) groups is 1. The first-order valence-electron chi connectivity index (χ1n) is 13.9. The van der Waals surface area contributed by atoms with Crippen molar-refractivity contribution in [1.82, 2.24) is 4.72 Å². The van der Waals surface area contributed by atoms with Gasteiger partial charge in [-0.3, -0.25) is 14.9 Å². The van der Waals surface area contributed by atoms with Gasteiger partial charge in [-0.2, -0.15) is 0 Å². The van der Waals surface area contributed by atoms with Gasteiger partial charge in [-0.25, -0.2) is 13.1 Å². The molecule has 0 aliphatic heterocycles. The minimum absolute atomic E-state index is 0.202. The molecule has 1 fully saturated rings. The van der Waals surface area contributed by atoms with Gasteiger partial charge in [0.05, 0.1) is 9.82 Å². The summed E-state index contributed by atoms with van der Waals surface area (Å²) >= 11 is 1.60. The van der Waals surface area contributed by atoms with Crippen molar-refractivity contribution in [3.63, 3.8) is 0 Å². The second-order valence-electron chi connectivity index (χ2n) is 10.5. The standard InChI is InChI=1S/C31H33N3O5S2/c35-31(24-13-10-23(11-14-24)26-15-12-22-6-4-5-7-25(22)20-26)33-41(38,39)28-16-17-29(30(21-28)34(36)37)32-18-19-40-27-8-2-1-3-9-27/h1-3,8-11,13-17,21-22,25,32H,4-7,12,18-20H2,(H,33,35). The Balaban J connectivity index is 1.22. The lowest BCUT2D eigenvalue weighted by molar-refractivity contribution is -0.384. The number of fused-ring (bicyclic) bond motifs is 1. The van der Waals surface area contributed by atoms with Gasteiger partial charge in [0.1, 0.15) is 5.69 Å². The lowest BCUT2D eigenvalue weighted by Gasteiger charge is -2.35. The summed E-state index contributed by atoms with van der Waals surface area (Å²) in [4.78, 5) is 24.6. The predicted octanol–water partition coefficient (Wildman–Crippen LogP) is 6.90. The van der Waals surface area contributed by atoms with E-state index in [1.165, 1.54) is 43.4 Å². The van der Waals surface area contributed by atoms with Gasteiger partial charge in [-0.15, -0.1) is 11.8 Å². The van der Waals surface area contributed by atoms with Crippen molar-refractivity contribution >= 4 is 44.6 Å². The number of nitro groups is 1. The van der Waals surface area contributed by atoms with Crippen molar-refractivity contribution in [3.05, 3.63) is 100 Å². The molecule has 2 atom stereocenters. The van der Waals surface area contributed by atoms with Crippen molar-refractivity contribution < 1.29 is 18.1 Å². The quantitative estimate of drug-likeness (QED) is 0.114. The zero-order valence-corrected chi connectivity index (χ0v) is 24.3. The maximum absolute atomic E-state index is 13.0. The molecule has 0 heterocycles. The maximum Gasteiger partial charge on any atom is 0.293 e. The first kappa shape index (κ1) is 28.9. The number of amides is 1. The Kier molecular flexibility index (Phi) is 9.09. The molecule has 3 aromatic carbocycles. The molecular weight excluding hydrogens is 558 g/mol. The van der Waals surface area contributed by atoms with E-state index in [1.807, 2.05) is 42.5 Å². The zero-order chi connectivity index (χ0) is 28.8. The maximum atomic E-state index is 13.0. The topological polar surface area (TPSA) is 118 Å². The number of hydrogen-bond donors (Lipinski definition) is 2. The summed E-state index contributed by atoms with van der Waals surface area (Å²) in [6.45, 7) is 0.442. The van der Waals surface area contributed by atoms with E-state index in [1.54, 1.807) is 23.9 Å². The molecule has 1 amide bonds. The van der Waals surface area contributed by atoms with Crippen LogP contribution in [0, 0.1) is 22.0 Å². The van der Waals surface area contributed by atoms with Crippen molar-refractivity contribution in [2.45, 2.75) is 48.3 Å². The highest BCUT2D eigenvalue weighted by Crippen LogP contribution is 2.42. The summed E-state index contributed by atoms with van der Waals surface area (Å²) < 4.78 is 28.0. The van der Waals surface area contributed by atoms with Crippen molar-refractivity contribution in [3.8, 4) is 0 Å². The molecule has 8 nitrogen and oxygen atoms in total. The second kappa shape index (κ2) is 12.9. The highest BCUT2D eigenvalue weighted by Gasteiger charge is 2.29. The van der Waals surface area contributed by atoms with Crippen LogP contribution in [0.5, 0.6) is 0 Å². The number of thioether (sulfide) groups is 1. The van der Waals surface area contributed by atoms with Crippen LogP contribution in [0.25, 0.3) is 5.57 Å². The van der Waals surface area contributed by atoms with Crippen LogP contribution in [0.2, 0.25) is 0 Å². The highest BCUT2D eigenvalue weighted by molar-refractivity contribution is 7.99. The minimum atomic E-state index is -4.33. The summed E-state index contributed by atoms with van der Waals surface area (Å²) in [5, 5.41) is 14.7. The fraction of sp³-hybridized carbons (Fsp3) is 0.323. The third kappa shape index (κ3) is 7.18. The summed E-state index contributed by atoms with van der Waals surface area (Å²) in [6.07, 6.45) is 9.62. The molecule has 5 rings (SSSR count). The summed E-state index contributed by atoms with van der Waals surface area (Å²) in [7, 11) is -4.33. The molecule has 2 aliphatic carbocycles. The number of carbonyl (C=O) groups excluding carboxylic acids is 1. The third-order valence-electron chi connectivity index (χ3n) is 7.87. The molecule has 3 aromatic rings. The Bertz CT molecular complexity index is 1540. The third-order valence-corrected chi connectivity index (χ3v) is 10.2. The first-order valence-corrected chi connectivity index (χ1v) is 16.3. The van der Waals surface area contributed by atoms with Gasteiger partial charge in [-0.1, -0.05) is 49.2 Å². The molecule has 10 heteroatoms. The number of sulfonamides is 1. The number of nitrogens with zero attached hydrogens (tertiary/aromatic N) is 1. The van der Waals surface area contributed by atoms with Gasteiger partial charge < -0.3 is 5.32 Å². The lowest BCUT2D eigenvalue weighted by atomic mass is 9.70. The van der Waals surface area contributed by atoms with Gasteiger partial charge in [0.15, 0.2) is 0 Å². The van der Waals surface area contributed by atoms with Crippen molar-refractivity contribution in [2.24, 2.45) is 11.8 Å². The summed E-state index contributed by atoms with van der Waals surface area (Å²) in [5.41, 5.74) is 2.37. The number of allylic oxidation sites excluding steroid dienone is 2. The van der Waals surface area contributed by atoms with Crippen LogP contribution in [0.3, 0.4) is 0 Å². The number of rotatable bonds is 10. The number of anilines is 1. The van der Waals surface area contributed by atoms with Gasteiger partial charge >= 0.3 is 0 Å². The minimum Gasteiger partial charge on any atom is -0.379 e. The van der Waals surface area contributed by atoms with Crippen LogP contribution >= 0.6 is 11.8 Å². The Morgan fingerprint density at radius 2 is 1.71 bits per heavy atom. The Morgan fingerprint density at radius 3 is 2.44 bits per heavy atom. The van der Waals surface area contributed by atoms with E-state index >= 15 is 0 Å². The molecular formula is C31H33N3O5S2. The van der Waals surface area contributed by atoms with Crippen LogP contribution in [-0.4, -0.2) is 31.5 Å². The summed E-state index contributed by atoms with van der Waals surface area (Å²) in [5.74, 6) is 1.37. The van der Waals surface area contributed by atoms with Crippen LogP contribution in [0.1, 0.15) is 54.4 Å². The van der Waals surface area contributed by atoms with E-state index in [4.69, 9.17) is 0 Å². The number of benzene rings is 3. The molecule has 0 bridgehead atoms. The van der Waals surface area contributed by atoms with E-state index in [2.05, 4.69) is 16.1 Å². The van der Waals surface area contributed by atoms with Crippen LogP contribution in [0.4, 0.5) is 11.4 Å². The number of nitro benzene ring substituents is 1. The fourth-order valence-corrected chi connectivity index (χ4v) is 7.47. The van der Waals surface area contributed by atoms with E-state index < -0.39 is 20.9 Å². The predicted molar refractivity (Wildman–Crippen MR) is 163 cm³/mol. The number of hydrogen-bond acceptors (Lipinski definition) is 7. The van der Waals surface area contributed by atoms with E-state index in [-0.39, 0.29) is 21.8 Å². The second-order valence-corrected chi connectivity index (χ2v) is 13.4. The molecule has 0 radical (unpaired) electrons. The van der Waals surface area contributed by atoms with Gasteiger partial charge in [0.25, 0.3) is 21.6 Å². The smallest absolute Gasteiger partial charge is 0.293 e. The van der Waals surface area contributed by atoms with Gasteiger partial charge in [0.2, 0.25) is 0 Å². The average Bonchev–Trinajstić information content (AvgIpc) is 2.99. The molecule has 41 heavy (non-hydrogen) atoms. The molecule has 2 aliphatic rings. The monoisotopic (exact) mass is 591 g/mol. The van der Waals surface area contributed by atoms with Crippen LogP contribution < -0.4 is 10.0 Å². The first-order chi connectivity index (χ1) is 19.8. The lowest BCUT2D eigenvalue weighted by Crippen LogP contribution is -2.30. The van der Waals surface area contributed by atoms with E-state index in [9.17, 15) is 23.3 Å². The van der Waals surface area contributed by atoms with E-state index in [0.717, 1.165) is 41.2 Å². The van der Waals surface area contributed by atoms with Crippen LogP contribution in [-0.2, 0) is 10.0 Å². The SMILES string of the molecule is O=C(NS(=O)(=O)c1ccc(NCCSc2ccccc2)c([N+](=O)[O-])c1)c1ccc(C2=CCC3CCCCC3C2)cc1. The van der Waals surface area contributed by atoms with Crippen molar-refractivity contribution in [2.75, 3.05) is 17.6 Å². The zero-order valence-electron chi connectivity index (χ0n) is 22.6. The molecule has 0 spiro atoms. The van der Waals surface area contributed by atoms with Gasteiger partial charge in [0, 0.05) is 28.8 Å². The van der Waals surface area contributed by atoms with E-state index in [0.29, 0.717) is 12.3 Å². The Labute approximate surface area is 244 Å². The number of nitrogens with one attached hydrogen (secondary N) is 2. The van der Waals surface area contributed by atoms with Crippen molar-refractivity contribution in [1.29, 1.82) is 0 Å². The molecule has 214 valence electrons. The average molecular weight is 592 g/mol. The largest absolute Gasteiger partial charge is 0.379 e. The molecule has 2 unspecified atom stereocenters. The Hall–Kier alpha value is -3.63. The molecule has 0 aromatic heterocycles. The van der Waals surface area contributed by atoms with Crippen LogP contribution in [0.15, 0.2) is 88.7 Å². The Morgan fingerprint density at radius 1 is 0.976 bits per heavy atom.